The Kier molecular flexibility index (Phi) is 3.96. The Labute approximate surface area is 111 Å². The van der Waals surface area contributed by atoms with Gasteiger partial charge in [0, 0.05) is 17.1 Å². The van der Waals surface area contributed by atoms with E-state index in [4.69, 9.17) is 5.26 Å². The standard InChI is InChI=1S/C14H15N3S/c1-11(2)17(10-13-4-3-7-18-13)14-8-12(9-15)5-6-16-14/h3-8,11H,10H2,1-2H3. The minimum absolute atomic E-state index is 0.341. The smallest absolute Gasteiger partial charge is 0.130 e. The van der Waals surface area contributed by atoms with Crippen LogP contribution in [0, 0.1) is 11.3 Å². The van der Waals surface area contributed by atoms with Crippen LogP contribution >= 0.6 is 11.3 Å². The van der Waals surface area contributed by atoms with Gasteiger partial charge in [0.1, 0.15) is 5.82 Å². The predicted octanol–water partition coefficient (Wildman–Crippen LogP) is 3.43. The van der Waals surface area contributed by atoms with E-state index < -0.39 is 0 Å². The largest absolute Gasteiger partial charge is 0.349 e. The van der Waals surface area contributed by atoms with Crippen LogP contribution < -0.4 is 4.90 Å². The molecule has 18 heavy (non-hydrogen) atoms. The Morgan fingerprint density at radius 3 is 2.89 bits per heavy atom. The van der Waals surface area contributed by atoms with Crippen LogP contribution in [-0.4, -0.2) is 11.0 Å². The SMILES string of the molecule is CC(C)N(Cc1cccs1)c1cc(C#N)ccn1. The molecular weight excluding hydrogens is 242 g/mol. The van der Waals surface area contributed by atoms with Gasteiger partial charge in [0.2, 0.25) is 0 Å². The van der Waals surface area contributed by atoms with Gasteiger partial charge in [-0.05, 0) is 37.4 Å². The number of nitriles is 1. The summed E-state index contributed by atoms with van der Waals surface area (Å²) in [5, 5.41) is 11.0. The van der Waals surface area contributed by atoms with Gasteiger partial charge in [-0.3, -0.25) is 0 Å². The van der Waals surface area contributed by atoms with E-state index in [0.29, 0.717) is 11.6 Å². The van der Waals surface area contributed by atoms with Gasteiger partial charge < -0.3 is 4.90 Å². The summed E-state index contributed by atoms with van der Waals surface area (Å²) in [6, 6.07) is 10.2. The highest BCUT2D eigenvalue weighted by molar-refractivity contribution is 7.09. The average Bonchev–Trinajstić information content (AvgIpc) is 2.88. The molecule has 0 atom stereocenters. The lowest BCUT2D eigenvalue weighted by Crippen LogP contribution is -2.30. The van der Waals surface area contributed by atoms with E-state index in [0.717, 1.165) is 12.4 Å². The molecule has 0 N–H and O–H groups in total. The normalized spacial score (nSPS) is 10.3. The Morgan fingerprint density at radius 1 is 1.44 bits per heavy atom. The second kappa shape index (κ2) is 5.65. The molecule has 0 saturated carbocycles. The molecule has 0 radical (unpaired) electrons. The molecule has 0 unspecified atom stereocenters. The zero-order chi connectivity index (χ0) is 13.0. The van der Waals surface area contributed by atoms with E-state index in [1.54, 1.807) is 23.6 Å². The number of anilines is 1. The van der Waals surface area contributed by atoms with Crippen LogP contribution in [0.4, 0.5) is 5.82 Å². The van der Waals surface area contributed by atoms with Crippen molar-refractivity contribution in [1.29, 1.82) is 5.26 Å². The number of aromatic nitrogens is 1. The molecule has 0 spiro atoms. The summed E-state index contributed by atoms with van der Waals surface area (Å²) in [5.74, 6) is 0.859. The minimum Gasteiger partial charge on any atom is -0.349 e. The first kappa shape index (κ1) is 12.6. The van der Waals surface area contributed by atoms with Gasteiger partial charge >= 0.3 is 0 Å². The molecule has 2 rings (SSSR count). The fourth-order valence-corrected chi connectivity index (χ4v) is 2.45. The summed E-state index contributed by atoms with van der Waals surface area (Å²) >= 11 is 1.74. The molecule has 0 fully saturated rings. The summed E-state index contributed by atoms with van der Waals surface area (Å²) in [7, 11) is 0. The van der Waals surface area contributed by atoms with Crippen molar-refractivity contribution >= 4 is 17.2 Å². The van der Waals surface area contributed by atoms with Gasteiger partial charge in [-0.1, -0.05) is 6.07 Å². The van der Waals surface area contributed by atoms with Gasteiger partial charge in [-0.15, -0.1) is 11.3 Å². The van der Waals surface area contributed by atoms with E-state index in [2.05, 4.69) is 47.3 Å². The molecule has 2 heterocycles. The summed E-state index contributed by atoms with van der Waals surface area (Å²) in [5.41, 5.74) is 0.650. The van der Waals surface area contributed by atoms with Gasteiger partial charge in [-0.25, -0.2) is 4.98 Å². The number of hydrogen-bond donors (Lipinski definition) is 0. The fourth-order valence-electron chi connectivity index (χ4n) is 1.74. The highest BCUT2D eigenvalue weighted by atomic mass is 32.1. The van der Waals surface area contributed by atoms with Crippen LogP contribution in [0.5, 0.6) is 0 Å². The summed E-state index contributed by atoms with van der Waals surface area (Å²) in [4.78, 5) is 7.87. The average molecular weight is 257 g/mol. The van der Waals surface area contributed by atoms with E-state index in [9.17, 15) is 0 Å². The number of nitrogens with zero attached hydrogens (tertiary/aromatic N) is 3. The predicted molar refractivity (Wildman–Crippen MR) is 74.6 cm³/mol. The Bertz CT molecular complexity index is 540. The molecule has 4 heteroatoms. The summed E-state index contributed by atoms with van der Waals surface area (Å²) in [6.07, 6.45) is 1.69. The third-order valence-electron chi connectivity index (χ3n) is 2.70. The number of thiophene rings is 1. The molecule has 3 nitrogen and oxygen atoms in total. The first-order valence-electron chi connectivity index (χ1n) is 5.86. The lowest BCUT2D eigenvalue weighted by Gasteiger charge is -2.27. The molecule has 0 saturated heterocycles. The van der Waals surface area contributed by atoms with E-state index in [-0.39, 0.29) is 0 Å². The molecule has 2 aromatic rings. The molecule has 2 aromatic heterocycles. The first-order chi connectivity index (χ1) is 8.70. The Hall–Kier alpha value is -1.86. The molecule has 0 bridgehead atoms. The van der Waals surface area contributed by atoms with Crippen LogP contribution in [0.2, 0.25) is 0 Å². The Morgan fingerprint density at radius 2 is 2.28 bits per heavy atom. The lowest BCUT2D eigenvalue weighted by atomic mass is 10.2. The van der Waals surface area contributed by atoms with Crippen LogP contribution in [0.3, 0.4) is 0 Å². The highest BCUT2D eigenvalue weighted by Gasteiger charge is 2.13. The third-order valence-corrected chi connectivity index (χ3v) is 3.56. The fraction of sp³-hybridized carbons (Fsp3) is 0.286. The van der Waals surface area contributed by atoms with Crippen molar-refractivity contribution in [1.82, 2.24) is 4.98 Å². The second-order valence-electron chi connectivity index (χ2n) is 4.32. The quantitative estimate of drug-likeness (QED) is 0.842. The minimum atomic E-state index is 0.341. The summed E-state index contributed by atoms with van der Waals surface area (Å²) < 4.78 is 0. The third kappa shape index (κ3) is 2.88. The van der Waals surface area contributed by atoms with Gasteiger partial charge in [0.25, 0.3) is 0 Å². The molecule has 0 aromatic carbocycles. The maximum Gasteiger partial charge on any atom is 0.130 e. The summed E-state index contributed by atoms with van der Waals surface area (Å²) in [6.45, 7) is 5.10. The van der Waals surface area contributed by atoms with Crippen LogP contribution in [0.25, 0.3) is 0 Å². The maximum atomic E-state index is 8.94. The van der Waals surface area contributed by atoms with Crippen molar-refractivity contribution in [3.8, 4) is 6.07 Å². The van der Waals surface area contributed by atoms with Crippen molar-refractivity contribution < 1.29 is 0 Å². The molecular formula is C14H15N3S. The molecule has 0 aliphatic heterocycles. The van der Waals surface area contributed by atoms with Crippen LogP contribution in [0.1, 0.15) is 24.3 Å². The van der Waals surface area contributed by atoms with Crippen molar-refractivity contribution in [3.63, 3.8) is 0 Å². The highest BCUT2D eigenvalue weighted by Crippen LogP contribution is 2.20. The van der Waals surface area contributed by atoms with E-state index >= 15 is 0 Å². The lowest BCUT2D eigenvalue weighted by molar-refractivity contribution is 0.677. The zero-order valence-electron chi connectivity index (χ0n) is 10.5. The molecule has 92 valence electrons. The zero-order valence-corrected chi connectivity index (χ0v) is 11.3. The number of hydrogen-bond acceptors (Lipinski definition) is 4. The van der Waals surface area contributed by atoms with Crippen LogP contribution in [0.15, 0.2) is 35.8 Å². The van der Waals surface area contributed by atoms with Gasteiger partial charge in [0.05, 0.1) is 18.2 Å². The first-order valence-corrected chi connectivity index (χ1v) is 6.74. The van der Waals surface area contributed by atoms with E-state index in [1.165, 1.54) is 4.88 Å². The molecule has 0 amide bonds. The van der Waals surface area contributed by atoms with Crippen molar-refractivity contribution in [2.45, 2.75) is 26.4 Å². The number of rotatable bonds is 4. The second-order valence-corrected chi connectivity index (χ2v) is 5.35. The molecule has 0 aliphatic carbocycles. The monoisotopic (exact) mass is 257 g/mol. The maximum absolute atomic E-state index is 8.94. The molecule has 0 aliphatic rings. The number of pyridine rings is 1. The topological polar surface area (TPSA) is 39.9 Å². The van der Waals surface area contributed by atoms with Crippen molar-refractivity contribution in [2.75, 3.05) is 4.90 Å². The van der Waals surface area contributed by atoms with E-state index in [1.807, 2.05) is 6.07 Å². The van der Waals surface area contributed by atoms with Gasteiger partial charge in [0.15, 0.2) is 0 Å². The van der Waals surface area contributed by atoms with Crippen molar-refractivity contribution in [3.05, 3.63) is 46.3 Å². The van der Waals surface area contributed by atoms with Gasteiger partial charge in [-0.2, -0.15) is 5.26 Å². The Balaban J connectivity index is 2.27. The van der Waals surface area contributed by atoms with Crippen LogP contribution in [-0.2, 0) is 6.54 Å². The van der Waals surface area contributed by atoms with Crippen molar-refractivity contribution in [2.24, 2.45) is 0 Å².